The summed E-state index contributed by atoms with van der Waals surface area (Å²) in [7, 11) is 0. The molecule has 1 aromatic carbocycles. The number of carbonyl (C=O) groups excluding carboxylic acids is 1. The van der Waals surface area contributed by atoms with Crippen molar-refractivity contribution < 1.29 is 14.1 Å². The molecule has 2 heterocycles. The van der Waals surface area contributed by atoms with E-state index in [9.17, 15) is 4.79 Å². The Kier molecular flexibility index (Phi) is 3.64. The van der Waals surface area contributed by atoms with E-state index in [2.05, 4.69) is 5.16 Å². The second kappa shape index (κ2) is 5.07. The molecule has 0 radical (unpaired) electrons. The summed E-state index contributed by atoms with van der Waals surface area (Å²) >= 11 is 0. The van der Waals surface area contributed by atoms with Crippen molar-refractivity contribution in [2.24, 2.45) is 5.73 Å². The van der Waals surface area contributed by atoms with Crippen LogP contribution in [0.15, 0.2) is 22.7 Å². The predicted octanol–water partition coefficient (Wildman–Crippen LogP) is 1.84. The summed E-state index contributed by atoms with van der Waals surface area (Å²) in [5.74, 6) is 0. The van der Waals surface area contributed by atoms with E-state index in [0.717, 1.165) is 16.8 Å². The largest absolute Gasteiger partial charge is 0.447 e. The van der Waals surface area contributed by atoms with Crippen LogP contribution >= 0.6 is 12.4 Å². The van der Waals surface area contributed by atoms with Crippen LogP contribution in [-0.4, -0.2) is 30.4 Å². The summed E-state index contributed by atoms with van der Waals surface area (Å²) in [5.41, 5.74) is 7.83. The number of benzene rings is 1. The highest BCUT2D eigenvalue weighted by molar-refractivity contribution is 5.93. The Morgan fingerprint density at radius 2 is 2.32 bits per heavy atom. The number of nitrogens with zero attached hydrogens (tertiary/aromatic N) is 2. The Balaban J connectivity index is 0.00000133. The molecule has 1 amide bonds. The number of fused-ring (bicyclic) bond motifs is 1. The zero-order chi connectivity index (χ0) is 12.7. The summed E-state index contributed by atoms with van der Waals surface area (Å²) in [6.45, 7) is 2.56. The summed E-state index contributed by atoms with van der Waals surface area (Å²) in [5, 5.41) is 4.83. The standard InChI is InChI=1S/C12H13N3O3.ClH/c1-7-10-3-2-8(4-11(10)18-14-7)15-9(5-13)6-17-12(15)16;/h2-4,9H,5-6,13H2,1H3;1H/t9-;/m0./s1. The van der Waals surface area contributed by atoms with E-state index < -0.39 is 0 Å². The number of hydrogen-bond donors (Lipinski definition) is 1. The Hall–Kier alpha value is -1.79. The van der Waals surface area contributed by atoms with Gasteiger partial charge < -0.3 is 15.0 Å². The van der Waals surface area contributed by atoms with E-state index >= 15 is 0 Å². The summed E-state index contributed by atoms with van der Waals surface area (Å²) in [6, 6.07) is 5.39. The molecule has 102 valence electrons. The van der Waals surface area contributed by atoms with E-state index in [-0.39, 0.29) is 24.5 Å². The molecule has 1 fully saturated rings. The second-order valence-corrected chi connectivity index (χ2v) is 4.28. The maximum atomic E-state index is 11.7. The van der Waals surface area contributed by atoms with Crippen molar-refractivity contribution in [2.45, 2.75) is 13.0 Å². The van der Waals surface area contributed by atoms with Crippen LogP contribution in [0, 0.1) is 6.92 Å². The van der Waals surface area contributed by atoms with Gasteiger partial charge in [0.05, 0.1) is 17.4 Å². The zero-order valence-corrected chi connectivity index (χ0v) is 11.1. The van der Waals surface area contributed by atoms with Gasteiger partial charge in [-0.15, -0.1) is 12.4 Å². The maximum absolute atomic E-state index is 11.7. The van der Waals surface area contributed by atoms with E-state index in [0.29, 0.717) is 18.7 Å². The Morgan fingerprint density at radius 1 is 1.53 bits per heavy atom. The second-order valence-electron chi connectivity index (χ2n) is 4.28. The van der Waals surface area contributed by atoms with Crippen molar-refractivity contribution >= 4 is 35.2 Å². The molecule has 6 nitrogen and oxygen atoms in total. The third-order valence-corrected chi connectivity index (χ3v) is 3.15. The Morgan fingerprint density at radius 3 is 3.05 bits per heavy atom. The first-order valence-electron chi connectivity index (χ1n) is 5.73. The lowest BCUT2D eigenvalue weighted by molar-refractivity contribution is 0.179. The lowest BCUT2D eigenvalue weighted by Gasteiger charge is -2.19. The fraction of sp³-hybridized carbons (Fsp3) is 0.333. The van der Waals surface area contributed by atoms with Gasteiger partial charge in [0.2, 0.25) is 0 Å². The van der Waals surface area contributed by atoms with Gasteiger partial charge in [-0.25, -0.2) is 4.79 Å². The number of cyclic esters (lactones) is 1. The molecule has 0 saturated carbocycles. The maximum Gasteiger partial charge on any atom is 0.414 e. The number of halogens is 1. The molecule has 0 aliphatic carbocycles. The van der Waals surface area contributed by atoms with Crippen molar-refractivity contribution in [2.75, 3.05) is 18.1 Å². The fourth-order valence-electron chi connectivity index (χ4n) is 2.15. The number of anilines is 1. The number of nitrogens with two attached hydrogens (primary N) is 1. The zero-order valence-electron chi connectivity index (χ0n) is 10.3. The molecule has 0 spiro atoms. The molecule has 7 heteroatoms. The highest BCUT2D eigenvalue weighted by Crippen LogP contribution is 2.28. The van der Waals surface area contributed by atoms with Crippen LogP contribution in [-0.2, 0) is 4.74 Å². The van der Waals surface area contributed by atoms with Crippen LogP contribution in [0.4, 0.5) is 10.5 Å². The monoisotopic (exact) mass is 283 g/mol. The fourth-order valence-corrected chi connectivity index (χ4v) is 2.15. The quantitative estimate of drug-likeness (QED) is 0.909. The number of hydrogen-bond acceptors (Lipinski definition) is 5. The normalized spacial score (nSPS) is 18.5. The lowest BCUT2D eigenvalue weighted by atomic mass is 10.2. The van der Waals surface area contributed by atoms with Crippen molar-refractivity contribution in [1.82, 2.24) is 5.16 Å². The summed E-state index contributed by atoms with van der Waals surface area (Å²) < 4.78 is 10.2. The number of amides is 1. The van der Waals surface area contributed by atoms with Crippen LogP contribution in [0.3, 0.4) is 0 Å². The number of rotatable bonds is 2. The Labute approximate surface area is 115 Å². The van der Waals surface area contributed by atoms with Gasteiger partial charge in [-0.1, -0.05) is 5.16 Å². The lowest BCUT2D eigenvalue weighted by Crippen LogP contribution is -2.38. The van der Waals surface area contributed by atoms with Gasteiger partial charge in [0.25, 0.3) is 0 Å². The molecule has 1 saturated heterocycles. The van der Waals surface area contributed by atoms with Crippen molar-refractivity contribution in [3.8, 4) is 0 Å². The third-order valence-electron chi connectivity index (χ3n) is 3.15. The minimum Gasteiger partial charge on any atom is -0.447 e. The summed E-state index contributed by atoms with van der Waals surface area (Å²) in [4.78, 5) is 13.2. The molecule has 19 heavy (non-hydrogen) atoms. The average molecular weight is 284 g/mol. The van der Waals surface area contributed by atoms with E-state index in [1.54, 1.807) is 11.0 Å². The molecular formula is C12H14ClN3O3. The minimum absolute atomic E-state index is 0. The molecule has 1 aromatic heterocycles. The smallest absolute Gasteiger partial charge is 0.414 e. The molecule has 1 atom stereocenters. The van der Waals surface area contributed by atoms with Gasteiger partial charge in [-0.3, -0.25) is 4.90 Å². The van der Waals surface area contributed by atoms with Gasteiger partial charge in [0, 0.05) is 18.0 Å². The van der Waals surface area contributed by atoms with Crippen LogP contribution in [0.5, 0.6) is 0 Å². The van der Waals surface area contributed by atoms with Crippen LogP contribution in [0.1, 0.15) is 5.69 Å². The van der Waals surface area contributed by atoms with Gasteiger partial charge in [0.15, 0.2) is 5.58 Å². The first-order valence-corrected chi connectivity index (χ1v) is 5.73. The summed E-state index contributed by atoms with van der Waals surface area (Å²) in [6.07, 6.45) is -0.374. The highest BCUT2D eigenvalue weighted by Gasteiger charge is 2.33. The number of aryl methyl sites for hydroxylation is 1. The van der Waals surface area contributed by atoms with Crippen LogP contribution in [0.25, 0.3) is 11.0 Å². The Bertz CT molecular complexity index is 613. The molecule has 0 unspecified atom stereocenters. The number of aromatic nitrogens is 1. The van der Waals surface area contributed by atoms with Crippen LogP contribution in [0.2, 0.25) is 0 Å². The van der Waals surface area contributed by atoms with Crippen LogP contribution < -0.4 is 10.6 Å². The van der Waals surface area contributed by atoms with Gasteiger partial charge in [-0.2, -0.15) is 0 Å². The van der Waals surface area contributed by atoms with E-state index in [4.69, 9.17) is 15.0 Å². The van der Waals surface area contributed by atoms with E-state index in [1.807, 2.05) is 19.1 Å². The molecule has 1 aliphatic heterocycles. The van der Waals surface area contributed by atoms with Gasteiger partial charge in [-0.05, 0) is 19.1 Å². The number of carbonyl (C=O) groups is 1. The molecular weight excluding hydrogens is 270 g/mol. The van der Waals surface area contributed by atoms with Crippen molar-refractivity contribution in [1.29, 1.82) is 0 Å². The van der Waals surface area contributed by atoms with Gasteiger partial charge >= 0.3 is 6.09 Å². The number of ether oxygens (including phenoxy) is 1. The third kappa shape index (κ3) is 2.13. The average Bonchev–Trinajstić information content (AvgIpc) is 2.93. The molecule has 0 bridgehead atoms. The molecule has 1 aliphatic rings. The van der Waals surface area contributed by atoms with E-state index in [1.165, 1.54) is 0 Å². The van der Waals surface area contributed by atoms with Crippen molar-refractivity contribution in [3.63, 3.8) is 0 Å². The first kappa shape index (κ1) is 13.6. The van der Waals surface area contributed by atoms with Crippen molar-refractivity contribution in [3.05, 3.63) is 23.9 Å². The topological polar surface area (TPSA) is 81.6 Å². The predicted molar refractivity (Wildman–Crippen MR) is 72.7 cm³/mol. The molecule has 2 aromatic rings. The SMILES string of the molecule is Cc1noc2cc(N3C(=O)OC[C@@H]3CN)ccc12.Cl. The minimum atomic E-state index is -0.374. The molecule has 3 rings (SSSR count). The van der Waals surface area contributed by atoms with Gasteiger partial charge in [0.1, 0.15) is 6.61 Å². The molecule has 2 N–H and O–H groups in total. The first-order chi connectivity index (χ1) is 8.70. The highest BCUT2D eigenvalue weighted by atomic mass is 35.5.